The Morgan fingerprint density at radius 1 is 0.818 bits per heavy atom. The number of thioether (sulfide) groups is 1. The summed E-state index contributed by atoms with van der Waals surface area (Å²) in [6, 6.07) is 19.3. The van der Waals surface area contributed by atoms with Crippen molar-refractivity contribution in [2.24, 2.45) is 0 Å². The van der Waals surface area contributed by atoms with Crippen molar-refractivity contribution < 1.29 is 27.4 Å². The number of ether oxygens (including phenoxy) is 4. The summed E-state index contributed by atoms with van der Waals surface area (Å²) in [6.45, 7) is 0.386. The quantitative estimate of drug-likeness (QED) is 0.445. The van der Waals surface area contributed by atoms with Crippen LogP contribution in [0.1, 0.15) is 10.9 Å². The summed E-state index contributed by atoms with van der Waals surface area (Å²) in [5.74, 6) is 3.49. The first-order chi connectivity index (χ1) is 16.0. The van der Waals surface area contributed by atoms with Crippen LogP contribution in [0.3, 0.4) is 0 Å². The van der Waals surface area contributed by atoms with E-state index in [2.05, 4.69) is 0 Å². The van der Waals surface area contributed by atoms with Crippen LogP contribution in [-0.2, 0) is 10.0 Å². The van der Waals surface area contributed by atoms with Crippen molar-refractivity contribution in [3.8, 4) is 28.7 Å². The third kappa shape index (κ3) is 4.75. The summed E-state index contributed by atoms with van der Waals surface area (Å²) in [7, 11) is 0.884. The maximum Gasteiger partial charge on any atom is 0.244 e. The molecular formula is C24H25NO6S2. The van der Waals surface area contributed by atoms with Crippen molar-refractivity contribution in [1.29, 1.82) is 0 Å². The lowest BCUT2D eigenvalue weighted by Crippen LogP contribution is -2.30. The Morgan fingerprint density at radius 2 is 1.42 bits per heavy atom. The lowest BCUT2D eigenvalue weighted by molar-refractivity contribution is 0.344. The predicted octanol–water partition coefficient (Wildman–Crippen LogP) is 4.94. The van der Waals surface area contributed by atoms with Crippen LogP contribution in [0.2, 0.25) is 0 Å². The molecular weight excluding hydrogens is 462 g/mol. The SMILES string of the molecule is COc1cc(OC)c(C2SCCN2S(=O)(=O)c2ccc(Oc3ccccc3)cc2)cc1OC. The van der Waals surface area contributed by atoms with E-state index < -0.39 is 15.4 Å². The maximum atomic E-state index is 13.5. The van der Waals surface area contributed by atoms with Crippen molar-refractivity contribution in [2.45, 2.75) is 10.3 Å². The number of sulfonamides is 1. The number of benzene rings is 3. The van der Waals surface area contributed by atoms with Crippen LogP contribution >= 0.6 is 11.8 Å². The number of nitrogens with zero attached hydrogens (tertiary/aromatic N) is 1. The van der Waals surface area contributed by atoms with Crippen LogP contribution < -0.4 is 18.9 Å². The molecule has 174 valence electrons. The molecule has 7 nitrogen and oxygen atoms in total. The first kappa shape index (κ1) is 23.3. The van der Waals surface area contributed by atoms with Crippen molar-refractivity contribution in [3.63, 3.8) is 0 Å². The molecule has 0 amide bonds. The van der Waals surface area contributed by atoms with Crippen molar-refractivity contribution >= 4 is 21.8 Å². The van der Waals surface area contributed by atoms with Crippen LogP contribution in [0.25, 0.3) is 0 Å². The normalized spacial score (nSPS) is 16.4. The third-order valence-electron chi connectivity index (χ3n) is 5.26. The largest absolute Gasteiger partial charge is 0.496 e. The molecule has 1 heterocycles. The molecule has 1 saturated heterocycles. The highest BCUT2D eigenvalue weighted by Crippen LogP contribution is 2.47. The van der Waals surface area contributed by atoms with Gasteiger partial charge in [0.15, 0.2) is 11.5 Å². The maximum absolute atomic E-state index is 13.5. The molecule has 0 saturated carbocycles. The second kappa shape index (κ2) is 9.94. The van der Waals surface area contributed by atoms with Crippen LogP contribution in [-0.4, -0.2) is 46.4 Å². The van der Waals surface area contributed by atoms with Gasteiger partial charge in [0, 0.05) is 23.9 Å². The van der Waals surface area contributed by atoms with E-state index in [9.17, 15) is 8.42 Å². The molecule has 1 atom stereocenters. The highest BCUT2D eigenvalue weighted by Gasteiger charge is 2.38. The number of hydrogen-bond acceptors (Lipinski definition) is 7. The molecule has 9 heteroatoms. The van der Waals surface area contributed by atoms with Gasteiger partial charge in [0.05, 0.1) is 31.6 Å². The van der Waals surface area contributed by atoms with Crippen LogP contribution in [0.4, 0.5) is 0 Å². The van der Waals surface area contributed by atoms with Gasteiger partial charge in [0.1, 0.15) is 17.2 Å². The number of hydrogen-bond donors (Lipinski definition) is 0. The van der Waals surface area contributed by atoms with Gasteiger partial charge in [-0.2, -0.15) is 4.31 Å². The van der Waals surface area contributed by atoms with E-state index in [4.69, 9.17) is 18.9 Å². The Kier molecular flexibility index (Phi) is 7.02. The Bertz CT molecular complexity index is 1200. The van der Waals surface area contributed by atoms with E-state index in [0.29, 0.717) is 46.6 Å². The third-order valence-corrected chi connectivity index (χ3v) is 8.51. The monoisotopic (exact) mass is 487 g/mol. The summed E-state index contributed by atoms with van der Waals surface area (Å²) in [4.78, 5) is 0.204. The summed E-state index contributed by atoms with van der Waals surface area (Å²) in [5.41, 5.74) is 0.713. The first-order valence-corrected chi connectivity index (χ1v) is 12.7. The standard InChI is InChI=1S/C24H25NO6S2/c1-28-21-16-23(30-3)22(29-2)15-20(21)24-25(13-14-32-24)33(26,27)19-11-9-18(10-12-19)31-17-7-5-4-6-8-17/h4-12,15-16,24H,13-14H2,1-3H3. The van der Waals surface area contributed by atoms with Crippen molar-refractivity contribution in [3.05, 3.63) is 72.3 Å². The van der Waals surface area contributed by atoms with E-state index in [0.717, 1.165) is 0 Å². The molecule has 0 bridgehead atoms. The number of methoxy groups -OCH3 is 3. The average molecular weight is 488 g/mol. The zero-order chi connectivity index (χ0) is 23.4. The molecule has 0 spiro atoms. The molecule has 1 aliphatic heterocycles. The number of rotatable bonds is 8. The summed E-state index contributed by atoms with van der Waals surface area (Å²) < 4.78 is 50.7. The molecule has 4 rings (SSSR count). The minimum Gasteiger partial charge on any atom is -0.496 e. The van der Waals surface area contributed by atoms with Gasteiger partial charge in [-0.25, -0.2) is 8.42 Å². The molecule has 33 heavy (non-hydrogen) atoms. The minimum atomic E-state index is -3.76. The smallest absolute Gasteiger partial charge is 0.244 e. The summed E-state index contributed by atoms with van der Waals surface area (Å²) >= 11 is 1.54. The van der Waals surface area contributed by atoms with E-state index >= 15 is 0 Å². The van der Waals surface area contributed by atoms with Gasteiger partial charge in [0.2, 0.25) is 10.0 Å². The Morgan fingerprint density at radius 3 is 2.06 bits per heavy atom. The Balaban J connectivity index is 1.63. The van der Waals surface area contributed by atoms with Gasteiger partial charge in [-0.1, -0.05) is 18.2 Å². The summed E-state index contributed by atoms with van der Waals surface area (Å²) in [6.07, 6.45) is 0. The Hall–Kier alpha value is -2.88. The molecule has 0 radical (unpaired) electrons. The molecule has 0 aliphatic carbocycles. The minimum absolute atomic E-state index is 0.204. The van der Waals surface area contributed by atoms with E-state index in [1.165, 1.54) is 16.1 Å². The highest BCUT2D eigenvalue weighted by molar-refractivity contribution is 8.01. The predicted molar refractivity (Wildman–Crippen MR) is 128 cm³/mol. The summed E-state index contributed by atoms with van der Waals surface area (Å²) in [5, 5.41) is -0.454. The second-order valence-electron chi connectivity index (χ2n) is 7.17. The highest BCUT2D eigenvalue weighted by atomic mass is 32.2. The first-order valence-electron chi connectivity index (χ1n) is 10.2. The molecule has 1 unspecified atom stereocenters. The fraction of sp³-hybridized carbons (Fsp3) is 0.250. The Labute approximate surface area is 198 Å². The van der Waals surface area contributed by atoms with Crippen LogP contribution in [0.5, 0.6) is 28.7 Å². The van der Waals surface area contributed by atoms with Gasteiger partial charge < -0.3 is 18.9 Å². The van der Waals surface area contributed by atoms with E-state index in [1.807, 2.05) is 30.3 Å². The van der Waals surface area contributed by atoms with Gasteiger partial charge >= 0.3 is 0 Å². The van der Waals surface area contributed by atoms with Crippen LogP contribution in [0, 0.1) is 0 Å². The van der Waals surface area contributed by atoms with Gasteiger partial charge in [-0.3, -0.25) is 0 Å². The van der Waals surface area contributed by atoms with Gasteiger partial charge in [-0.05, 0) is 42.5 Å². The fourth-order valence-electron chi connectivity index (χ4n) is 3.63. The zero-order valence-electron chi connectivity index (χ0n) is 18.6. The molecule has 1 fully saturated rings. The molecule has 1 aliphatic rings. The second-order valence-corrected chi connectivity index (χ2v) is 10.3. The topological polar surface area (TPSA) is 74.3 Å². The molecule has 3 aromatic carbocycles. The lowest BCUT2D eigenvalue weighted by Gasteiger charge is -2.25. The van der Waals surface area contributed by atoms with Gasteiger partial charge in [-0.15, -0.1) is 11.8 Å². The van der Waals surface area contributed by atoms with Crippen molar-refractivity contribution in [2.75, 3.05) is 33.6 Å². The zero-order valence-corrected chi connectivity index (χ0v) is 20.2. The lowest BCUT2D eigenvalue weighted by atomic mass is 10.1. The number of para-hydroxylation sites is 1. The van der Waals surface area contributed by atoms with E-state index in [-0.39, 0.29) is 4.90 Å². The molecule has 0 N–H and O–H groups in total. The molecule has 0 aromatic heterocycles. The fourth-order valence-corrected chi connectivity index (χ4v) is 6.88. The van der Waals surface area contributed by atoms with Crippen LogP contribution in [0.15, 0.2) is 71.6 Å². The average Bonchev–Trinajstić information content (AvgIpc) is 3.35. The van der Waals surface area contributed by atoms with Crippen molar-refractivity contribution in [1.82, 2.24) is 4.31 Å². The van der Waals surface area contributed by atoms with Gasteiger partial charge in [0.25, 0.3) is 0 Å². The molecule has 3 aromatic rings. The van der Waals surface area contributed by atoms with E-state index in [1.54, 1.807) is 57.7 Å².